The highest BCUT2D eigenvalue weighted by molar-refractivity contribution is 6.03. The average molecular weight is 530 g/mol. The lowest BCUT2D eigenvalue weighted by Crippen LogP contribution is -2.45. The van der Waals surface area contributed by atoms with E-state index in [0.29, 0.717) is 0 Å². The highest BCUT2D eigenvalue weighted by atomic mass is 19.1. The molecule has 5 heteroatoms. The maximum Gasteiger partial charge on any atom is 0.209 e. The van der Waals surface area contributed by atoms with E-state index in [0.717, 1.165) is 51.5 Å². The van der Waals surface area contributed by atoms with Crippen LogP contribution in [0.2, 0.25) is 0 Å². The van der Waals surface area contributed by atoms with Crippen molar-refractivity contribution in [3.8, 4) is 0 Å². The van der Waals surface area contributed by atoms with Gasteiger partial charge in [-0.15, -0.1) is 0 Å². The van der Waals surface area contributed by atoms with Crippen LogP contribution >= 0.6 is 0 Å². The van der Waals surface area contributed by atoms with Crippen molar-refractivity contribution in [1.82, 2.24) is 0 Å². The summed E-state index contributed by atoms with van der Waals surface area (Å²) in [5.41, 5.74) is 9.81. The number of hydrogen-bond donors (Lipinski definition) is 0. The van der Waals surface area contributed by atoms with Crippen LogP contribution in [0.3, 0.4) is 0 Å². The van der Waals surface area contributed by atoms with Crippen molar-refractivity contribution in [2.75, 3.05) is 46.2 Å². The van der Waals surface area contributed by atoms with E-state index in [2.05, 4.69) is 96.6 Å². The number of likely N-dealkylation sites (N-methyl/N-ethyl adjacent to an activating group) is 2. The average Bonchev–Trinajstić information content (AvgIpc) is 3.15. The highest BCUT2D eigenvalue weighted by Gasteiger charge is 2.43. The number of hydrogen-bond acceptors (Lipinski definition) is 1. The van der Waals surface area contributed by atoms with Gasteiger partial charge >= 0.3 is 0 Å². The molecule has 0 radical (unpaired) electrons. The van der Waals surface area contributed by atoms with E-state index in [4.69, 9.17) is 0 Å². The van der Waals surface area contributed by atoms with Gasteiger partial charge in [0.05, 0.1) is 19.5 Å². The number of benzene rings is 2. The fraction of sp³-hybridized carbons (Fsp3) is 0.382. The van der Waals surface area contributed by atoms with Crippen LogP contribution < -0.4 is 4.90 Å². The van der Waals surface area contributed by atoms with Crippen LogP contribution in [0.15, 0.2) is 83.1 Å². The summed E-state index contributed by atoms with van der Waals surface area (Å²) in [7, 11) is 8.66. The van der Waals surface area contributed by atoms with Gasteiger partial charge < -0.3 is 9.38 Å². The predicted molar refractivity (Wildman–Crippen MR) is 158 cm³/mol. The normalized spacial score (nSPS) is 23.4. The van der Waals surface area contributed by atoms with Gasteiger partial charge in [0, 0.05) is 52.7 Å². The van der Waals surface area contributed by atoms with Gasteiger partial charge in [-0.3, -0.25) is 0 Å². The second kappa shape index (κ2) is 9.12. The van der Waals surface area contributed by atoms with Crippen LogP contribution in [-0.4, -0.2) is 56.1 Å². The quantitative estimate of drug-likeness (QED) is 0.302. The monoisotopic (exact) mass is 529 g/mol. The third-order valence-electron chi connectivity index (χ3n) is 9.03. The molecule has 39 heavy (non-hydrogen) atoms. The molecule has 3 aliphatic heterocycles. The molecule has 0 spiro atoms. The van der Waals surface area contributed by atoms with Crippen LogP contribution in [0.1, 0.15) is 45.7 Å². The third-order valence-corrected chi connectivity index (χ3v) is 9.03. The Hall–Kier alpha value is -3.31. The van der Waals surface area contributed by atoms with Gasteiger partial charge in [0.1, 0.15) is 31.8 Å². The molecule has 2 aromatic carbocycles. The Morgan fingerprint density at radius 1 is 0.872 bits per heavy atom. The second-order valence-electron chi connectivity index (χ2n) is 13.1. The first-order chi connectivity index (χ1) is 18.1. The zero-order valence-electron chi connectivity index (χ0n) is 24.8. The Morgan fingerprint density at radius 2 is 1.51 bits per heavy atom. The van der Waals surface area contributed by atoms with Crippen LogP contribution in [0.25, 0.3) is 0 Å². The van der Waals surface area contributed by atoms with Crippen LogP contribution in [-0.2, 0) is 10.8 Å². The molecule has 2 aromatic rings. The van der Waals surface area contributed by atoms with Crippen molar-refractivity contribution >= 4 is 17.1 Å². The Morgan fingerprint density at radius 3 is 2.21 bits per heavy atom. The molecule has 0 atom stereocenters. The number of rotatable bonds is 3. The summed E-state index contributed by atoms with van der Waals surface area (Å²) in [6.07, 6.45) is 8.96. The lowest BCUT2D eigenvalue weighted by molar-refractivity contribution is -0.881. The molecule has 0 N–H and O–H groups in total. The Bertz CT molecular complexity index is 1530. The first-order valence-corrected chi connectivity index (χ1v) is 13.7. The maximum atomic E-state index is 14.1. The Kier molecular flexibility index (Phi) is 6.38. The van der Waals surface area contributed by atoms with Crippen molar-refractivity contribution in [2.45, 2.75) is 45.4 Å². The molecule has 0 saturated carbocycles. The van der Waals surface area contributed by atoms with Gasteiger partial charge in [-0.2, -0.15) is 4.58 Å². The van der Waals surface area contributed by atoms with Crippen molar-refractivity contribution in [3.05, 3.63) is 106 Å². The summed E-state index contributed by atoms with van der Waals surface area (Å²) in [6.45, 7) is 12.7. The van der Waals surface area contributed by atoms with Crippen LogP contribution in [0.4, 0.5) is 20.2 Å². The lowest BCUT2D eigenvalue weighted by Gasteiger charge is -2.36. The van der Waals surface area contributed by atoms with E-state index < -0.39 is 0 Å². The zero-order chi connectivity index (χ0) is 28.5. The topological polar surface area (TPSA) is 6.25 Å². The SMILES string of the molecule is CC1=C(/C=C/C2=[N+](C)c3ccc(F)cc3C2(C)C)C[N+](C)(C)C/C1=C\C=C1\N(C)c2ccc(F)cc2C1(C)C. The summed E-state index contributed by atoms with van der Waals surface area (Å²) in [6, 6.07) is 10.2. The number of fused-ring (bicyclic) bond motifs is 2. The highest BCUT2D eigenvalue weighted by Crippen LogP contribution is 2.47. The van der Waals surface area contributed by atoms with Gasteiger partial charge in [0.2, 0.25) is 5.69 Å². The van der Waals surface area contributed by atoms with E-state index >= 15 is 0 Å². The van der Waals surface area contributed by atoms with E-state index in [-0.39, 0.29) is 22.5 Å². The molecule has 3 heterocycles. The molecule has 0 unspecified atom stereocenters. The van der Waals surface area contributed by atoms with E-state index in [1.54, 1.807) is 12.1 Å². The molecule has 0 amide bonds. The van der Waals surface area contributed by atoms with Gasteiger partial charge in [0.15, 0.2) is 5.71 Å². The zero-order valence-corrected chi connectivity index (χ0v) is 24.8. The molecule has 3 nitrogen and oxygen atoms in total. The number of nitrogens with zero attached hydrogens (tertiary/aromatic N) is 3. The molecule has 0 saturated heterocycles. The van der Waals surface area contributed by atoms with Crippen molar-refractivity contribution in [2.24, 2.45) is 0 Å². The van der Waals surface area contributed by atoms with Crippen molar-refractivity contribution in [1.29, 1.82) is 0 Å². The standard InChI is InChI=1S/C34H41F2N3/c1-22-23(10-16-31-33(2,3)27-18-25(35)12-14-29(27)37(31)6)20-39(8,9)21-24(22)11-17-32-34(4,5)28-19-26(36)13-15-30(28)38(32)7/h10-19H,20-21H2,1-9H3/q+2. The van der Waals surface area contributed by atoms with Gasteiger partial charge in [-0.1, -0.05) is 19.9 Å². The lowest BCUT2D eigenvalue weighted by atomic mass is 9.81. The Balaban J connectivity index is 1.51. The summed E-state index contributed by atoms with van der Waals surface area (Å²) in [4.78, 5) is 2.18. The molecule has 0 fully saturated rings. The smallest absolute Gasteiger partial charge is 0.209 e. The van der Waals surface area contributed by atoms with Crippen LogP contribution in [0.5, 0.6) is 0 Å². The molecular weight excluding hydrogens is 488 g/mol. The molecule has 5 rings (SSSR count). The number of allylic oxidation sites excluding steroid dienone is 4. The van der Waals surface area contributed by atoms with Gasteiger partial charge in [-0.25, -0.2) is 8.78 Å². The molecule has 204 valence electrons. The summed E-state index contributed by atoms with van der Waals surface area (Å²) in [5.74, 6) is -0.392. The molecule has 3 aliphatic rings. The third kappa shape index (κ3) is 4.51. The minimum atomic E-state index is -0.285. The molecule has 0 aromatic heterocycles. The molecule has 0 aliphatic carbocycles. The van der Waals surface area contributed by atoms with E-state index in [1.165, 1.54) is 28.9 Å². The van der Waals surface area contributed by atoms with E-state index in [9.17, 15) is 8.78 Å². The van der Waals surface area contributed by atoms with E-state index in [1.807, 2.05) is 12.1 Å². The van der Waals surface area contributed by atoms with Gasteiger partial charge in [-0.05, 0) is 74.4 Å². The summed E-state index contributed by atoms with van der Waals surface area (Å²) < 4.78 is 31.2. The van der Waals surface area contributed by atoms with Crippen LogP contribution in [0, 0.1) is 11.6 Å². The Labute approximate surface area is 232 Å². The fourth-order valence-corrected chi connectivity index (χ4v) is 6.75. The number of anilines is 1. The largest absolute Gasteiger partial charge is 0.347 e. The minimum absolute atomic E-state index is 0.196. The van der Waals surface area contributed by atoms with Crippen molar-refractivity contribution in [3.63, 3.8) is 0 Å². The predicted octanol–water partition coefficient (Wildman–Crippen LogP) is 7.17. The molecule has 0 bridgehead atoms. The molecular formula is C34H41F2N3+2. The summed E-state index contributed by atoms with van der Waals surface area (Å²) >= 11 is 0. The number of quaternary nitrogens is 1. The minimum Gasteiger partial charge on any atom is -0.347 e. The summed E-state index contributed by atoms with van der Waals surface area (Å²) in [5, 5.41) is 0. The number of halogens is 2. The van der Waals surface area contributed by atoms with Gasteiger partial charge in [0.25, 0.3) is 0 Å². The van der Waals surface area contributed by atoms with Crippen molar-refractivity contribution < 1.29 is 17.8 Å². The second-order valence-corrected chi connectivity index (χ2v) is 13.1. The fourth-order valence-electron chi connectivity index (χ4n) is 6.75. The first kappa shape index (κ1) is 27.3. The first-order valence-electron chi connectivity index (χ1n) is 13.7. The maximum absolute atomic E-state index is 14.1.